The van der Waals surface area contributed by atoms with E-state index in [1.807, 2.05) is 11.0 Å². The van der Waals surface area contributed by atoms with Crippen molar-refractivity contribution in [2.45, 2.75) is 6.92 Å². The summed E-state index contributed by atoms with van der Waals surface area (Å²) < 4.78 is 5.13. The van der Waals surface area contributed by atoms with Crippen LogP contribution in [0.1, 0.15) is 17.3 Å². The van der Waals surface area contributed by atoms with Gasteiger partial charge in [0.15, 0.2) is 0 Å². The highest BCUT2D eigenvalue weighted by molar-refractivity contribution is 6.32. The molecule has 2 heterocycles. The van der Waals surface area contributed by atoms with Crippen molar-refractivity contribution in [3.8, 4) is 5.75 Å². The molecule has 26 heavy (non-hydrogen) atoms. The number of nitrogens with one attached hydrogen (secondary N) is 1. The van der Waals surface area contributed by atoms with E-state index in [1.165, 1.54) is 0 Å². The molecule has 7 nitrogen and oxygen atoms in total. The molecule has 8 heteroatoms. The van der Waals surface area contributed by atoms with Crippen LogP contribution in [0.2, 0.25) is 5.02 Å². The Labute approximate surface area is 157 Å². The van der Waals surface area contributed by atoms with Crippen LogP contribution in [0.3, 0.4) is 0 Å². The first-order valence-electron chi connectivity index (χ1n) is 8.55. The number of rotatable bonds is 5. The molecule has 0 saturated carbocycles. The van der Waals surface area contributed by atoms with Crippen molar-refractivity contribution in [2.75, 3.05) is 45.2 Å². The summed E-state index contributed by atoms with van der Waals surface area (Å²) in [5, 5.41) is 3.56. The molecule has 1 fully saturated rings. The number of carbonyl (C=O) groups excluding carboxylic acids is 1. The summed E-state index contributed by atoms with van der Waals surface area (Å²) in [5.74, 6) is 0.973. The lowest BCUT2D eigenvalue weighted by Crippen LogP contribution is -2.48. The van der Waals surface area contributed by atoms with Crippen LogP contribution in [0.5, 0.6) is 5.75 Å². The van der Waals surface area contributed by atoms with E-state index in [9.17, 15) is 4.79 Å². The summed E-state index contributed by atoms with van der Waals surface area (Å²) in [6.07, 6.45) is 3.10. The number of ether oxygens (including phenoxy) is 1. The topological polar surface area (TPSA) is 70.6 Å². The zero-order valence-electron chi connectivity index (χ0n) is 14.9. The second kappa shape index (κ2) is 8.33. The van der Waals surface area contributed by atoms with Crippen molar-refractivity contribution in [3.05, 3.63) is 41.2 Å². The quantitative estimate of drug-likeness (QED) is 0.866. The number of anilines is 2. The molecule has 0 unspecified atom stereocenters. The average molecular weight is 376 g/mol. The molecule has 0 atom stereocenters. The lowest BCUT2D eigenvalue weighted by Gasteiger charge is -2.33. The van der Waals surface area contributed by atoms with Crippen molar-refractivity contribution in [1.29, 1.82) is 0 Å². The predicted octanol–water partition coefficient (Wildman–Crippen LogP) is 2.66. The second-order valence-corrected chi connectivity index (χ2v) is 6.40. The molecule has 1 aliphatic rings. The summed E-state index contributed by atoms with van der Waals surface area (Å²) in [6, 6.07) is 5.31. The van der Waals surface area contributed by atoms with Gasteiger partial charge in [0.25, 0.3) is 5.91 Å². The number of nitrogens with zero attached hydrogens (tertiary/aromatic N) is 4. The number of methoxy groups -OCH3 is 1. The van der Waals surface area contributed by atoms with Crippen LogP contribution in [-0.4, -0.2) is 65.5 Å². The van der Waals surface area contributed by atoms with Crippen LogP contribution >= 0.6 is 11.6 Å². The highest BCUT2D eigenvalue weighted by atomic mass is 35.5. The molecule has 138 valence electrons. The maximum atomic E-state index is 12.6. The van der Waals surface area contributed by atoms with Gasteiger partial charge in [-0.3, -0.25) is 4.79 Å². The molecule has 0 aliphatic carbocycles. The van der Waals surface area contributed by atoms with Crippen molar-refractivity contribution in [3.63, 3.8) is 0 Å². The maximum absolute atomic E-state index is 12.6. The number of likely N-dealkylation sites (N-methyl/N-ethyl adjacent to an activating group) is 1. The molecule has 1 saturated heterocycles. The number of benzene rings is 1. The van der Waals surface area contributed by atoms with Gasteiger partial charge in [-0.2, -0.15) is 0 Å². The van der Waals surface area contributed by atoms with Gasteiger partial charge in [-0.15, -0.1) is 0 Å². The smallest absolute Gasteiger partial charge is 0.257 e. The molecule has 1 N–H and O–H groups in total. The first-order chi connectivity index (χ1) is 12.6. The summed E-state index contributed by atoms with van der Waals surface area (Å²) in [4.78, 5) is 25.2. The van der Waals surface area contributed by atoms with Gasteiger partial charge >= 0.3 is 0 Å². The molecular formula is C18H22ClN5O2. The van der Waals surface area contributed by atoms with Crippen molar-refractivity contribution >= 4 is 29.1 Å². The van der Waals surface area contributed by atoms with Gasteiger partial charge in [0.05, 0.1) is 17.7 Å². The zero-order chi connectivity index (χ0) is 18.5. The highest BCUT2D eigenvalue weighted by Crippen LogP contribution is 2.28. The fourth-order valence-electron chi connectivity index (χ4n) is 2.83. The Morgan fingerprint density at radius 1 is 1.23 bits per heavy atom. The number of hydrogen-bond acceptors (Lipinski definition) is 6. The van der Waals surface area contributed by atoms with E-state index in [4.69, 9.17) is 16.3 Å². The Bertz CT molecular complexity index is 761. The second-order valence-electron chi connectivity index (χ2n) is 6.00. The molecule has 0 spiro atoms. The van der Waals surface area contributed by atoms with Crippen LogP contribution in [-0.2, 0) is 0 Å². The van der Waals surface area contributed by atoms with Crippen LogP contribution in [0, 0.1) is 0 Å². The molecule has 1 amide bonds. The average Bonchev–Trinajstić information content (AvgIpc) is 2.68. The first-order valence-corrected chi connectivity index (χ1v) is 8.92. The van der Waals surface area contributed by atoms with Crippen molar-refractivity contribution in [2.24, 2.45) is 0 Å². The Hall–Kier alpha value is -2.38. The summed E-state index contributed by atoms with van der Waals surface area (Å²) in [7, 11) is 1.56. The van der Waals surface area contributed by atoms with E-state index in [-0.39, 0.29) is 5.91 Å². The summed E-state index contributed by atoms with van der Waals surface area (Å²) in [6.45, 7) is 6.42. The third kappa shape index (κ3) is 4.23. The van der Waals surface area contributed by atoms with Crippen LogP contribution in [0.15, 0.2) is 30.6 Å². The van der Waals surface area contributed by atoms with Gasteiger partial charge in [-0.1, -0.05) is 18.5 Å². The minimum absolute atomic E-state index is 0.0280. The molecule has 2 aromatic rings. The minimum atomic E-state index is -0.0280. The van der Waals surface area contributed by atoms with Crippen LogP contribution in [0.4, 0.5) is 11.6 Å². The number of hydrogen-bond donors (Lipinski definition) is 1. The largest absolute Gasteiger partial charge is 0.495 e. The first kappa shape index (κ1) is 18.4. The lowest BCUT2D eigenvalue weighted by atomic mass is 10.2. The molecule has 0 bridgehead atoms. The fraction of sp³-hybridized carbons (Fsp3) is 0.389. The fourth-order valence-corrected chi connectivity index (χ4v) is 3.08. The number of piperazine rings is 1. The van der Waals surface area contributed by atoms with Gasteiger partial charge < -0.3 is 19.9 Å². The molecule has 0 radical (unpaired) electrons. The number of halogens is 1. The van der Waals surface area contributed by atoms with Gasteiger partial charge in [0, 0.05) is 44.3 Å². The standard InChI is InChI=1S/C18H22ClN5O2/c1-3-23-6-8-24(9-7-23)17(25)13-11-20-18(21-12-13)22-14-4-5-16(26-2)15(19)10-14/h4-5,10-12H,3,6-9H2,1-2H3,(H,20,21,22). The van der Waals surface area contributed by atoms with E-state index in [0.717, 1.165) is 38.4 Å². The third-order valence-corrected chi connectivity index (χ3v) is 4.71. The molecule has 1 aromatic carbocycles. The Morgan fingerprint density at radius 2 is 1.92 bits per heavy atom. The van der Waals surface area contributed by atoms with Crippen molar-refractivity contribution in [1.82, 2.24) is 19.8 Å². The Morgan fingerprint density at radius 3 is 2.50 bits per heavy atom. The van der Waals surface area contributed by atoms with E-state index in [0.29, 0.717) is 22.3 Å². The number of aromatic nitrogens is 2. The summed E-state index contributed by atoms with van der Waals surface area (Å²) in [5.41, 5.74) is 1.24. The van der Waals surface area contributed by atoms with Crippen LogP contribution in [0.25, 0.3) is 0 Å². The van der Waals surface area contributed by atoms with Gasteiger partial charge in [-0.05, 0) is 24.7 Å². The Kier molecular flexibility index (Phi) is 5.90. The van der Waals surface area contributed by atoms with E-state index in [1.54, 1.807) is 31.6 Å². The zero-order valence-corrected chi connectivity index (χ0v) is 15.7. The number of amides is 1. The third-order valence-electron chi connectivity index (χ3n) is 4.41. The summed E-state index contributed by atoms with van der Waals surface area (Å²) >= 11 is 6.11. The molecule has 3 rings (SSSR count). The Balaban J connectivity index is 1.63. The maximum Gasteiger partial charge on any atom is 0.257 e. The number of carbonyl (C=O) groups is 1. The highest BCUT2D eigenvalue weighted by Gasteiger charge is 2.21. The van der Waals surface area contributed by atoms with E-state index < -0.39 is 0 Å². The van der Waals surface area contributed by atoms with E-state index >= 15 is 0 Å². The van der Waals surface area contributed by atoms with Crippen LogP contribution < -0.4 is 10.1 Å². The SMILES string of the molecule is CCN1CCN(C(=O)c2cnc(Nc3ccc(OC)c(Cl)c3)nc2)CC1. The van der Waals surface area contributed by atoms with Gasteiger partial charge in [0.1, 0.15) is 5.75 Å². The normalized spacial score (nSPS) is 15.0. The van der Waals surface area contributed by atoms with Crippen molar-refractivity contribution < 1.29 is 9.53 Å². The molecule has 1 aliphatic heterocycles. The molecule has 1 aromatic heterocycles. The monoisotopic (exact) mass is 375 g/mol. The molecular weight excluding hydrogens is 354 g/mol. The van der Waals surface area contributed by atoms with E-state index in [2.05, 4.69) is 27.1 Å². The lowest BCUT2D eigenvalue weighted by molar-refractivity contribution is 0.0642. The van der Waals surface area contributed by atoms with Gasteiger partial charge in [-0.25, -0.2) is 9.97 Å². The van der Waals surface area contributed by atoms with Gasteiger partial charge in [0.2, 0.25) is 5.95 Å². The minimum Gasteiger partial charge on any atom is -0.495 e. The predicted molar refractivity (Wildman–Crippen MR) is 101 cm³/mol.